The molecular weight excluding hydrogens is 250 g/mol. The Labute approximate surface area is 106 Å². The Hall–Kier alpha value is -1.67. The third-order valence-electron chi connectivity index (χ3n) is 3.47. The molecule has 0 heterocycles. The highest BCUT2D eigenvalue weighted by Crippen LogP contribution is 2.61. The van der Waals surface area contributed by atoms with Gasteiger partial charge in [-0.25, -0.2) is 8.42 Å². The van der Waals surface area contributed by atoms with Crippen LogP contribution in [-0.4, -0.2) is 26.2 Å². The molecule has 0 amide bonds. The Balaban J connectivity index is 2.49. The number of hydrogen-bond donors (Lipinski definition) is 0. The van der Waals surface area contributed by atoms with Gasteiger partial charge in [-0.2, -0.15) is 5.26 Å². The molecule has 0 radical (unpaired) electrons. The topological polar surface area (TPSA) is 75.0 Å². The van der Waals surface area contributed by atoms with Crippen LogP contribution in [0.2, 0.25) is 0 Å². The maximum atomic E-state index is 11.7. The smallest absolute Gasteiger partial charge is 0.153 e. The van der Waals surface area contributed by atoms with Crippen LogP contribution in [0.1, 0.15) is 17.0 Å². The highest BCUT2D eigenvalue weighted by Gasteiger charge is 2.71. The summed E-state index contributed by atoms with van der Waals surface area (Å²) in [6.45, 7) is 1.92. The summed E-state index contributed by atoms with van der Waals surface area (Å²) < 4.78 is 23.3. The van der Waals surface area contributed by atoms with E-state index in [2.05, 4.69) is 0 Å². The van der Waals surface area contributed by atoms with Crippen LogP contribution in [0.25, 0.3) is 0 Å². The molecule has 1 aromatic rings. The molecule has 1 saturated carbocycles. The molecule has 1 aliphatic rings. The molecule has 5 heteroatoms. The Morgan fingerprint density at radius 3 is 2.22 bits per heavy atom. The normalized spacial score (nSPS) is 30.5. The second-order valence-corrected chi connectivity index (χ2v) is 6.97. The van der Waals surface area contributed by atoms with E-state index in [0.717, 1.165) is 17.4 Å². The number of aryl methyl sites for hydroxylation is 1. The number of aldehydes is 1. The lowest BCUT2D eigenvalue weighted by atomic mass is 10.0. The van der Waals surface area contributed by atoms with E-state index >= 15 is 0 Å². The molecule has 0 saturated heterocycles. The van der Waals surface area contributed by atoms with Crippen LogP contribution in [0.4, 0.5) is 0 Å². The Morgan fingerprint density at radius 1 is 1.33 bits per heavy atom. The van der Waals surface area contributed by atoms with Gasteiger partial charge in [-0.15, -0.1) is 0 Å². The monoisotopic (exact) mass is 263 g/mol. The summed E-state index contributed by atoms with van der Waals surface area (Å²) in [7, 11) is -3.42. The molecular formula is C13H13NO3S. The zero-order valence-corrected chi connectivity index (χ0v) is 10.9. The van der Waals surface area contributed by atoms with Crippen molar-refractivity contribution in [3.63, 3.8) is 0 Å². The summed E-state index contributed by atoms with van der Waals surface area (Å²) >= 11 is 0. The molecule has 1 fully saturated rings. The molecule has 0 spiro atoms. The van der Waals surface area contributed by atoms with Crippen LogP contribution in [0.5, 0.6) is 0 Å². The second kappa shape index (κ2) is 3.92. The Bertz CT molecular complexity index is 627. The van der Waals surface area contributed by atoms with Gasteiger partial charge in [0.2, 0.25) is 0 Å². The van der Waals surface area contributed by atoms with Crippen molar-refractivity contribution in [3.05, 3.63) is 35.4 Å². The van der Waals surface area contributed by atoms with Crippen LogP contribution in [0, 0.1) is 23.7 Å². The molecule has 0 aliphatic heterocycles. The standard InChI is InChI=1S/C13H13NO3S/c1-9-3-5-10(6-4-9)11-12(18(2,16)17)13(11,7-14)8-15/h3-6,8,11-12H,1-2H3/t11-,12-,13-/m0/s1. The van der Waals surface area contributed by atoms with Crippen molar-refractivity contribution in [2.75, 3.05) is 6.26 Å². The first-order chi connectivity index (χ1) is 8.36. The molecule has 3 atom stereocenters. The average Bonchev–Trinajstić information content (AvgIpc) is 3.00. The number of carbonyl (C=O) groups is 1. The SMILES string of the molecule is Cc1ccc([C@H]2[C@H](S(C)(=O)=O)[C@@]2(C#N)C=O)cc1. The van der Waals surface area contributed by atoms with Crippen LogP contribution in [0.15, 0.2) is 24.3 Å². The first-order valence-corrected chi connectivity index (χ1v) is 7.45. The van der Waals surface area contributed by atoms with Crippen LogP contribution in [0.3, 0.4) is 0 Å². The third-order valence-corrected chi connectivity index (χ3v) is 5.05. The van der Waals surface area contributed by atoms with Gasteiger partial charge in [0, 0.05) is 12.2 Å². The van der Waals surface area contributed by atoms with E-state index in [1.165, 1.54) is 0 Å². The molecule has 0 aromatic heterocycles. The minimum atomic E-state index is -3.42. The fourth-order valence-electron chi connectivity index (χ4n) is 2.50. The van der Waals surface area contributed by atoms with E-state index < -0.39 is 26.4 Å². The lowest BCUT2D eigenvalue weighted by Gasteiger charge is -2.00. The van der Waals surface area contributed by atoms with Crippen molar-refractivity contribution < 1.29 is 13.2 Å². The Morgan fingerprint density at radius 2 is 1.89 bits per heavy atom. The maximum absolute atomic E-state index is 11.7. The van der Waals surface area contributed by atoms with Crippen LogP contribution < -0.4 is 0 Å². The van der Waals surface area contributed by atoms with E-state index in [1.807, 2.05) is 25.1 Å². The summed E-state index contributed by atoms with van der Waals surface area (Å²) in [4.78, 5) is 11.1. The predicted octanol–water partition coefficient (Wildman–Crippen LogP) is 1.21. The highest BCUT2D eigenvalue weighted by atomic mass is 32.2. The predicted molar refractivity (Wildman–Crippen MR) is 66.7 cm³/mol. The van der Waals surface area contributed by atoms with Gasteiger partial charge in [0.15, 0.2) is 9.84 Å². The molecule has 18 heavy (non-hydrogen) atoms. The van der Waals surface area contributed by atoms with Crippen LogP contribution >= 0.6 is 0 Å². The summed E-state index contributed by atoms with van der Waals surface area (Å²) in [5, 5.41) is 8.21. The van der Waals surface area contributed by atoms with E-state index in [9.17, 15) is 13.2 Å². The van der Waals surface area contributed by atoms with E-state index in [4.69, 9.17) is 5.26 Å². The van der Waals surface area contributed by atoms with Crippen LogP contribution in [-0.2, 0) is 14.6 Å². The highest BCUT2D eigenvalue weighted by molar-refractivity contribution is 7.91. The van der Waals surface area contributed by atoms with E-state index in [0.29, 0.717) is 6.29 Å². The van der Waals surface area contributed by atoms with Crippen molar-refractivity contribution in [1.82, 2.24) is 0 Å². The molecule has 2 rings (SSSR count). The number of sulfone groups is 1. The number of nitrogens with zero attached hydrogens (tertiary/aromatic N) is 1. The second-order valence-electron chi connectivity index (χ2n) is 4.80. The van der Waals surface area contributed by atoms with Gasteiger partial charge in [-0.1, -0.05) is 29.8 Å². The van der Waals surface area contributed by atoms with Gasteiger partial charge in [0.25, 0.3) is 0 Å². The zero-order valence-electron chi connectivity index (χ0n) is 10.1. The Kier molecular flexibility index (Phi) is 2.78. The molecule has 1 aromatic carbocycles. The molecule has 1 aliphatic carbocycles. The van der Waals surface area contributed by atoms with Gasteiger partial charge in [0.1, 0.15) is 11.7 Å². The fourth-order valence-corrected chi connectivity index (χ4v) is 4.26. The minimum absolute atomic E-state index is 0.475. The van der Waals surface area contributed by atoms with E-state index in [-0.39, 0.29) is 0 Å². The van der Waals surface area contributed by atoms with Crippen molar-refractivity contribution in [2.24, 2.45) is 5.41 Å². The summed E-state index contributed by atoms with van der Waals surface area (Å²) in [5.41, 5.74) is 0.358. The van der Waals surface area contributed by atoms with E-state index in [1.54, 1.807) is 12.1 Å². The lowest BCUT2D eigenvalue weighted by molar-refractivity contribution is -0.110. The zero-order chi connectivity index (χ0) is 13.6. The summed E-state index contributed by atoms with van der Waals surface area (Å²) in [6.07, 6.45) is 1.55. The maximum Gasteiger partial charge on any atom is 0.153 e. The summed E-state index contributed by atoms with van der Waals surface area (Å²) in [6, 6.07) is 9.13. The molecule has 0 unspecified atom stereocenters. The van der Waals surface area contributed by atoms with Gasteiger partial charge in [-0.05, 0) is 12.5 Å². The average molecular weight is 263 g/mol. The number of hydrogen-bond acceptors (Lipinski definition) is 4. The minimum Gasteiger partial charge on any atom is -0.302 e. The number of carbonyl (C=O) groups excluding carboxylic acids is 1. The number of nitriles is 1. The largest absolute Gasteiger partial charge is 0.302 e. The third kappa shape index (κ3) is 1.73. The first kappa shape index (κ1) is 12.8. The number of rotatable bonds is 3. The molecule has 4 nitrogen and oxygen atoms in total. The molecule has 0 N–H and O–H groups in total. The fraction of sp³-hybridized carbons (Fsp3) is 0.385. The van der Waals surface area contributed by atoms with Gasteiger partial charge < -0.3 is 4.79 Å². The quantitative estimate of drug-likeness (QED) is 0.768. The molecule has 94 valence electrons. The van der Waals surface area contributed by atoms with Crippen molar-refractivity contribution in [2.45, 2.75) is 18.1 Å². The first-order valence-electron chi connectivity index (χ1n) is 5.50. The van der Waals surface area contributed by atoms with Crippen molar-refractivity contribution in [3.8, 4) is 6.07 Å². The van der Waals surface area contributed by atoms with Crippen molar-refractivity contribution >= 4 is 16.1 Å². The summed E-state index contributed by atoms with van der Waals surface area (Å²) in [5.74, 6) is -0.546. The lowest BCUT2D eigenvalue weighted by Crippen LogP contribution is -2.14. The van der Waals surface area contributed by atoms with Crippen molar-refractivity contribution in [1.29, 1.82) is 5.26 Å². The number of benzene rings is 1. The van der Waals surface area contributed by atoms with Gasteiger partial charge in [-0.3, -0.25) is 0 Å². The van der Waals surface area contributed by atoms with Gasteiger partial charge >= 0.3 is 0 Å². The van der Waals surface area contributed by atoms with Gasteiger partial charge in [0.05, 0.1) is 11.3 Å². The molecule has 0 bridgehead atoms.